The van der Waals surface area contributed by atoms with Gasteiger partial charge in [0, 0.05) is 28.6 Å². The molecule has 0 saturated carbocycles. The predicted molar refractivity (Wildman–Crippen MR) is 123 cm³/mol. The van der Waals surface area contributed by atoms with Gasteiger partial charge < -0.3 is 10.4 Å². The number of amides is 1. The van der Waals surface area contributed by atoms with Gasteiger partial charge in [-0.3, -0.25) is 9.52 Å². The Morgan fingerprint density at radius 2 is 1.79 bits per heavy atom. The monoisotopic (exact) mass is 510 g/mol. The molecule has 0 saturated heterocycles. The van der Waals surface area contributed by atoms with Gasteiger partial charge in [0.15, 0.2) is 5.75 Å². The standard InChI is InChI=1S/C22H17ClF2N2O4S2/c23-15-8-12-9-20(21(15)28)33(30,31)27-18-10-14(16(24)11-17(18)25)13-4-1-2-5-19(13)32-7-3-6-26-22(12)29/h1-2,4-5,8-11,27-28H,3,6-7H2,(H,26,29). The first kappa shape index (κ1) is 23.3. The minimum Gasteiger partial charge on any atom is -0.505 e. The number of aromatic hydroxyl groups is 1. The van der Waals surface area contributed by atoms with Crippen molar-refractivity contribution in [2.45, 2.75) is 16.2 Å². The lowest BCUT2D eigenvalue weighted by molar-refractivity contribution is 0.0953. The molecule has 1 aliphatic heterocycles. The SMILES string of the molecule is O=C1NCCCSc2ccccc2-c2cc(c(F)cc2F)NS(=O)(=O)c2cc1cc(Cl)c2O. The van der Waals surface area contributed by atoms with Gasteiger partial charge in [-0.15, -0.1) is 11.8 Å². The quantitative estimate of drug-likeness (QED) is 0.395. The summed E-state index contributed by atoms with van der Waals surface area (Å²) >= 11 is 7.38. The Bertz CT molecular complexity index is 1370. The zero-order valence-electron chi connectivity index (χ0n) is 16.9. The van der Waals surface area contributed by atoms with Gasteiger partial charge in [-0.25, -0.2) is 17.2 Å². The van der Waals surface area contributed by atoms with Crippen molar-refractivity contribution in [1.29, 1.82) is 0 Å². The number of sulfonamides is 1. The summed E-state index contributed by atoms with van der Waals surface area (Å²) in [6.45, 7) is 0.294. The normalized spacial score (nSPS) is 15.8. The van der Waals surface area contributed by atoms with Gasteiger partial charge in [0.25, 0.3) is 15.9 Å². The van der Waals surface area contributed by atoms with Crippen LogP contribution in [0.1, 0.15) is 16.8 Å². The highest BCUT2D eigenvalue weighted by molar-refractivity contribution is 7.99. The highest BCUT2D eigenvalue weighted by atomic mass is 35.5. The van der Waals surface area contributed by atoms with E-state index >= 15 is 0 Å². The van der Waals surface area contributed by atoms with E-state index in [1.807, 2.05) is 4.72 Å². The summed E-state index contributed by atoms with van der Waals surface area (Å²) in [5.41, 5.74) is -0.148. The Hall–Kier alpha value is -2.82. The zero-order valence-corrected chi connectivity index (χ0v) is 19.3. The lowest BCUT2D eigenvalue weighted by Crippen LogP contribution is -2.25. The fraction of sp³-hybridized carbons (Fsp3) is 0.136. The van der Waals surface area contributed by atoms with Crippen LogP contribution < -0.4 is 10.0 Å². The molecule has 0 fully saturated rings. The van der Waals surface area contributed by atoms with Crippen LogP contribution in [0.15, 0.2) is 58.3 Å². The van der Waals surface area contributed by atoms with Crippen LogP contribution in [0, 0.1) is 11.6 Å². The number of thioether (sulfide) groups is 1. The van der Waals surface area contributed by atoms with Crippen molar-refractivity contribution in [3.8, 4) is 16.9 Å². The summed E-state index contributed by atoms with van der Waals surface area (Å²) in [5.74, 6) is -2.79. The first-order chi connectivity index (χ1) is 15.7. The fourth-order valence-corrected chi connectivity index (χ4v) is 5.81. The topological polar surface area (TPSA) is 95.5 Å². The van der Waals surface area contributed by atoms with Crippen molar-refractivity contribution in [3.05, 3.63) is 70.8 Å². The average molecular weight is 511 g/mol. The van der Waals surface area contributed by atoms with Crippen molar-refractivity contribution in [1.82, 2.24) is 5.32 Å². The third-order valence-corrected chi connectivity index (χ3v) is 7.75. The Labute approximate surface area is 198 Å². The molecule has 3 aromatic rings. The van der Waals surface area contributed by atoms with Gasteiger partial charge in [0.1, 0.15) is 16.5 Å². The van der Waals surface area contributed by atoms with Crippen molar-refractivity contribution in [2.24, 2.45) is 0 Å². The van der Waals surface area contributed by atoms with E-state index in [2.05, 4.69) is 5.32 Å². The summed E-state index contributed by atoms with van der Waals surface area (Å²) in [7, 11) is -4.61. The number of hydrogen-bond acceptors (Lipinski definition) is 5. The van der Waals surface area contributed by atoms with Crippen LogP contribution >= 0.6 is 23.4 Å². The van der Waals surface area contributed by atoms with Crippen LogP contribution in [-0.4, -0.2) is 31.7 Å². The minimum atomic E-state index is -4.61. The van der Waals surface area contributed by atoms with Crippen LogP contribution in [-0.2, 0) is 10.0 Å². The Morgan fingerprint density at radius 3 is 2.58 bits per heavy atom. The van der Waals surface area contributed by atoms with Crippen LogP contribution in [0.4, 0.5) is 14.5 Å². The number of rotatable bonds is 0. The number of benzene rings is 3. The van der Waals surface area contributed by atoms with E-state index < -0.39 is 43.9 Å². The summed E-state index contributed by atoms with van der Waals surface area (Å²) in [6.07, 6.45) is 0.570. The number of fused-ring (bicyclic) bond motifs is 6. The average Bonchev–Trinajstić information content (AvgIpc) is 2.76. The number of anilines is 1. The van der Waals surface area contributed by atoms with E-state index in [1.54, 1.807) is 24.3 Å². The third-order valence-electron chi connectivity index (χ3n) is 4.92. The molecule has 11 heteroatoms. The van der Waals surface area contributed by atoms with Crippen molar-refractivity contribution < 1.29 is 27.1 Å². The number of carbonyl (C=O) groups is 1. The second-order valence-corrected chi connectivity index (χ2v) is 10.4. The fourth-order valence-electron chi connectivity index (χ4n) is 3.32. The molecule has 0 aliphatic carbocycles. The molecule has 0 spiro atoms. The molecule has 6 nitrogen and oxygen atoms in total. The van der Waals surface area contributed by atoms with Crippen LogP contribution in [0.25, 0.3) is 11.1 Å². The molecule has 172 valence electrons. The molecule has 1 amide bonds. The van der Waals surface area contributed by atoms with Crippen LogP contribution in [0.5, 0.6) is 5.75 Å². The summed E-state index contributed by atoms with van der Waals surface area (Å²) in [5, 5.41) is 12.5. The Balaban J connectivity index is 1.91. The molecular weight excluding hydrogens is 494 g/mol. The molecule has 4 rings (SSSR count). The van der Waals surface area contributed by atoms with Crippen molar-refractivity contribution in [2.75, 3.05) is 17.0 Å². The van der Waals surface area contributed by atoms with Gasteiger partial charge in [-0.1, -0.05) is 29.8 Å². The van der Waals surface area contributed by atoms with Gasteiger partial charge in [-0.05, 0) is 42.0 Å². The van der Waals surface area contributed by atoms with Crippen molar-refractivity contribution >= 4 is 45.0 Å². The molecule has 1 heterocycles. The van der Waals surface area contributed by atoms with E-state index in [0.29, 0.717) is 35.2 Å². The Kier molecular flexibility index (Phi) is 6.51. The third kappa shape index (κ3) is 4.78. The lowest BCUT2D eigenvalue weighted by atomic mass is 10.0. The summed E-state index contributed by atoms with van der Waals surface area (Å²) in [6, 6.07) is 10.6. The molecular formula is C22H17ClF2N2O4S2. The van der Waals surface area contributed by atoms with E-state index in [4.69, 9.17) is 11.6 Å². The van der Waals surface area contributed by atoms with Gasteiger partial charge in [-0.2, -0.15) is 0 Å². The van der Waals surface area contributed by atoms with Gasteiger partial charge >= 0.3 is 0 Å². The highest BCUT2D eigenvalue weighted by Crippen LogP contribution is 2.38. The first-order valence-corrected chi connectivity index (χ1v) is 12.6. The molecule has 3 N–H and O–H groups in total. The van der Waals surface area contributed by atoms with Gasteiger partial charge in [0.05, 0.1) is 10.7 Å². The minimum absolute atomic E-state index is 0.00796. The van der Waals surface area contributed by atoms with Gasteiger partial charge in [0.2, 0.25) is 0 Å². The lowest BCUT2D eigenvalue weighted by Gasteiger charge is -2.16. The van der Waals surface area contributed by atoms with E-state index in [0.717, 1.165) is 18.2 Å². The first-order valence-electron chi connectivity index (χ1n) is 9.72. The molecule has 1 aliphatic rings. The molecule has 3 aromatic carbocycles. The van der Waals surface area contributed by atoms with Crippen LogP contribution in [0.2, 0.25) is 5.02 Å². The number of phenolic OH excluding ortho intramolecular Hbond substituents is 1. The second kappa shape index (κ2) is 9.20. The largest absolute Gasteiger partial charge is 0.505 e. The van der Waals surface area contributed by atoms with Crippen molar-refractivity contribution in [3.63, 3.8) is 0 Å². The molecule has 33 heavy (non-hydrogen) atoms. The van der Waals surface area contributed by atoms with E-state index in [9.17, 15) is 27.1 Å². The number of hydrogen-bond donors (Lipinski definition) is 3. The number of halogens is 3. The molecule has 4 bridgehead atoms. The van der Waals surface area contributed by atoms with E-state index in [-0.39, 0.29) is 16.1 Å². The molecule has 0 aromatic heterocycles. The zero-order chi connectivity index (χ0) is 23.8. The maximum absolute atomic E-state index is 14.7. The molecule has 0 atom stereocenters. The predicted octanol–water partition coefficient (Wildman–Crippen LogP) is 5.02. The number of nitrogens with one attached hydrogen (secondary N) is 2. The molecule has 0 unspecified atom stereocenters. The maximum Gasteiger partial charge on any atom is 0.265 e. The Morgan fingerprint density at radius 1 is 1.03 bits per heavy atom. The molecule has 0 radical (unpaired) electrons. The second-order valence-electron chi connectivity index (χ2n) is 7.18. The summed E-state index contributed by atoms with van der Waals surface area (Å²) < 4.78 is 57.3. The smallest absolute Gasteiger partial charge is 0.265 e. The number of phenols is 1. The maximum atomic E-state index is 14.7. The number of carbonyl (C=O) groups excluding carboxylic acids is 1. The highest BCUT2D eigenvalue weighted by Gasteiger charge is 2.26. The van der Waals surface area contributed by atoms with E-state index in [1.165, 1.54) is 11.8 Å². The summed E-state index contributed by atoms with van der Waals surface area (Å²) in [4.78, 5) is 12.5. The van der Waals surface area contributed by atoms with Crippen LogP contribution in [0.3, 0.4) is 0 Å².